The Labute approximate surface area is 169 Å². The molecule has 1 aliphatic carbocycles. The summed E-state index contributed by atoms with van der Waals surface area (Å²) in [5, 5.41) is 13.4. The number of aromatic hydroxyl groups is 1. The van der Waals surface area contributed by atoms with Crippen molar-refractivity contribution in [3.05, 3.63) is 53.1 Å². The lowest BCUT2D eigenvalue weighted by Crippen LogP contribution is -2.29. The fourth-order valence-electron chi connectivity index (χ4n) is 3.65. The van der Waals surface area contributed by atoms with Crippen LogP contribution in [-0.4, -0.2) is 36.8 Å². The predicted molar refractivity (Wildman–Crippen MR) is 107 cm³/mol. The summed E-state index contributed by atoms with van der Waals surface area (Å²) in [5.41, 5.74) is 0.220. The van der Waals surface area contributed by atoms with Crippen LogP contribution in [0, 0.1) is 0 Å². The molecular formula is C20H21ClN2O4S. The van der Waals surface area contributed by atoms with Crippen LogP contribution in [0.3, 0.4) is 0 Å². The van der Waals surface area contributed by atoms with Crippen LogP contribution < -0.4 is 5.32 Å². The first-order valence-electron chi connectivity index (χ1n) is 9.24. The van der Waals surface area contributed by atoms with Crippen molar-refractivity contribution in [2.75, 3.05) is 18.4 Å². The van der Waals surface area contributed by atoms with Crippen LogP contribution in [0.15, 0.2) is 47.4 Å². The Morgan fingerprint density at radius 1 is 1.11 bits per heavy atom. The molecule has 0 aromatic heterocycles. The molecule has 1 amide bonds. The van der Waals surface area contributed by atoms with Crippen LogP contribution in [0.4, 0.5) is 5.69 Å². The normalized spacial score (nSPS) is 18.8. The lowest BCUT2D eigenvalue weighted by molar-refractivity contribution is -0.118. The number of sulfonamides is 1. The van der Waals surface area contributed by atoms with Gasteiger partial charge < -0.3 is 10.4 Å². The van der Waals surface area contributed by atoms with Gasteiger partial charge in [-0.05, 0) is 61.6 Å². The molecule has 2 aliphatic rings. The van der Waals surface area contributed by atoms with Crippen molar-refractivity contribution in [3.63, 3.8) is 0 Å². The van der Waals surface area contributed by atoms with Gasteiger partial charge in [0.25, 0.3) is 0 Å². The highest BCUT2D eigenvalue weighted by Crippen LogP contribution is 2.49. The summed E-state index contributed by atoms with van der Waals surface area (Å²) in [7, 11) is -3.64. The van der Waals surface area contributed by atoms with E-state index in [2.05, 4.69) is 5.32 Å². The van der Waals surface area contributed by atoms with E-state index in [1.807, 2.05) is 6.07 Å². The molecule has 0 bridgehead atoms. The molecule has 0 unspecified atom stereocenters. The number of nitrogens with one attached hydrogen (secondary N) is 1. The highest BCUT2D eigenvalue weighted by Gasteiger charge is 2.51. The fourth-order valence-corrected chi connectivity index (χ4v) is 5.39. The van der Waals surface area contributed by atoms with E-state index in [-0.39, 0.29) is 22.2 Å². The summed E-state index contributed by atoms with van der Waals surface area (Å²) in [6.45, 7) is 0.978. The van der Waals surface area contributed by atoms with E-state index < -0.39 is 15.4 Å². The highest BCUT2D eigenvalue weighted by molar-refractivity contribution is 7.89. The van der Waals surface area contributed by atoms with Crippen molar-refractivity contribution in [3.8, 4) is 5.75 Å². The largest absolute Gasteiger partial charge is 0.506 e. The summed E-state index contributed by atoms with van der Waals surface area (Å²) < 4.78 is 27.0. The van der Waals surface area contributed by atoms with Crippen molar-refractivity contribution in [2.24, 2.45) is 0 Å². The minimum absolute atomic E-state index is 0.0649. The quantitative estimate of drug-likeness (QED) is 0.725. The fraction of sp³-hybridized carbons (Fsp3) is 0.350. The molecule has 1 saturated heterocycles. The maximum absolute atomic E-state index is 13.0. The van der Waals surface area contributed by atoms with Crippen LogP contribution in [0.25, 0.3) is 0 Å². The number of phenolic OH excluding ortho intramolecular Hbond substituents is 1. The van der Waals surface area contributed by atoms with E-state index in [4.69, 9.17) is 11.6 Å². The molecule has 2 aromatic rings. The zero-order valence-corrected chi connectivity index (χ0v) is 16.8. The first-order valence-corrected chi connectivity index (χ1v) is 11.1. The molecular weight excluding hydrogens is 400 g/mol. The van der Waals surface area contributed by atoms with Crippen LogP contribution in [0.1, 0.15) is 31.2 Å². The molecule has 28 heavy (non-hydrogen) atoms. The SMILES string of the molecule is O=C(Nc1cc(S(=O)(=O)N2CCCC2)ccc1O)C1(c2cccc(Cl)c2)CC1. The second-order valence-corrected chi connectivity index (χ2v) is 9.71. The molecule has 0 spiro atoms. The van der Waals surface area contributed by atoms with Gasteiger partial charge in [-0.25, -0.2) is 8.42 Å². The van der Waals surface area contributed by atoms with Crippen molar-refractivity contribution >= 4 is 33.2 Å². The molecule has 8 heteroatoms. The third kappa shape index (κ3) is 3.38. The number of benzene rings is 2. The third-order valence-electron chi connectivity index (χ3n) is 5.48. The minimum Gasteiger partial charge on any atom is -0.506 e. The Morgan fingerprint density at radius 2 is 1.82 bits per heavy atom. The van der Waals surface area contributed by atoms with Gasteiger partial charge in [-0.2, -0.15) is 4.31 Å². The first-order chi connectivity index (χ1) is 13.3. The second-order valence-electron chi connectivity index (χ2n) is 7.34. The Bertz CT molecular complexity index is 1030. The molecule has 4 rings (SSSR count). The number of hydrogen-bond acceptors (Lipinski definition) is 4. The van der Waals surface area contributed by atoms with Gasteiger partial charge in [0.15, 0.2) is 0 Å². The van der Waals surface area contributed by atoms with Crippen molar-refractivity contribution < 1.29 is 18.3 Å². The Kier molecular flexibility index (Phi) is 4.85. The molecule has 2 aromatic carbocycles. The van der Waals surface area contributed by atoms with Gasteiger partial charge in [0.2, 0.25) is 15.9 Å². The van der Waals surface area contributed by atoms with Crippen LogP contribution in [0.2, 0.25) is 5.02 Å². The number of carbonyl (C=O) groups excluding carboxylic acids is 1. The number of amides is 1. The number of hydrogen-bond donors (Lipinski definition) is 2. The third-order valence-corrected chi connectivity index (χ3v) is 7.61. The lowest BCUT2D eigenvalue weighted by atomic mass is 9.95. The maximum atomic E-state index is 13.0. The number of rotatable bonds is 5. The average Bonchev–Trinajstić information content (AvgIpc) is 3.29. The number of phenols is 1. The smallest absolute Gasteiger partial charge is 0.243 e. The molecule has 6 nitrogen and oxygen atoms in total. The molecule has 2 N–H and O–H groups in total. The number of nitrogens with zero attached hydrogens (tertiary/aromatic N) is 1. The zero-order valence-electron chi connectivity index (χ0n) is 15.2. The Balaban J connectivity index is 1.61. The van der Waals surface area contributed by atoms with Crippen molar-refractivity contribution in [2.45, 2.75) is 36.0 Å². The molecule has 2 fully saturated rings. The standard InChI is InChI=1S/C20H21ClN2O4S/c21-15-5-3-4-14(12-15)20(8-9-20)19(25)22-17-13-16(6-7-18(17)24)28(26,27)23-10-1-2-11-23/h3-7,12-13,24H,1-2,8-11H2,(H,22,25). The maximum Gasteiger partial charge on any atom is 0.243 e. The van der Waals surface area contributed by atoms with E-state index in [1.165, 1.54) is 22.5 Å². The molecule has 148 valence electrons. The van der Waals surface area contributed by atoms with E-state index >= 15 is 0 Å². The molecule has 0 atom stereocenters. The predicted octanol–water partition coefficient (Wildman–Crippen LogP) is 3.50. The van der Waals surface area contributed by atoms with Gasteiger partial charge in [0, 0.05) is 18.1 Å². The first kappa shape index (κ1) is 19.2. The van der Waals surface area contributed by atoms with Gasteiger partial charge >= 0.3 is 0 Å². The number of anilines is 1. The lowest BCUT2D eigenvalue weighted by Gasteiger charge is -2.19. The summed E-state index contributed by atoms with van der Waals surface area (Å²) in [5.74, 6) is -0.448. The average molecular weight is 421 g/mol. The summed E-state index contributed by atoms with van der Waals surface area (Å²) in [6, 6.07) is 11.2. The van der Waals surface area contributed by atoms with E-state index in [9.17, 15) is 18.3 Å². The van der Waals surface area contributed by atoms with E-state index in [1.54, 1.807) is 18.2 Å². The molecule has 1 aliphatic heterocycles. The van der Waals surface area contributed by atoms with E-state index in [0.717, 1.165) is 18.4 Å². The van der Waals surface area contributed by atoms with Gasteiger partial charge in [-0.15, -0.1) is 0 Å². The Morgan fingerprint density at radius 3 is 2.46 bits per heavy atom. The number of carbonyl (C=O) groups is 1. The van der Waals surface area contributed by atoms with Gasteiger partial charge in [0.1, 0.15) is 5.75 Å². The van der Waals surface area contributed by atoms with Crippen LogP contribution in [0.5, 0.6) is 5.75 Å². The highest BCUT2D eigenvalue weighted by atomic mass is 35.5. The monoisotopic (exact) mass is 420 g/mol. The van der Waals surface area contributed by atoms with Crippen LogP contribution >= 0.6 is 11.6 Å². The zero-order chi connectivity index (χ0) is 19.9. The second kappa shape index (κ2) is 7.06. The number of halogens is 1. The van der Waals surface area contributed by atoms with E-state index in [0.29, 0.717) is 31.0 Å². The van der Waals surface area contributed by atoms with Gasteiger partial charge in [-0.1, -0.05) is 23.7 Å². The van der Waals surface area contributed by atoms with Gasteiger partial charge in [0.05, 0.1) is 16.0 Å². The molecule has 0 radical (unpaired) electrons. The Hall–Kier alpha value is -2.09. The van der Waals surface area contributed by atoms with Crippen molar-refractivity contribution in [1.29, 1.82) is 0 Å². The summed E-state index contributed by atoms with van der Waals surface area (Å²) in [6.07, 6.45) is 3.02. The molecule has 1 saturated carbocycles. The minimum atomic E-state index is -3.64. The summed E-state index contributed by atoms with van der Waals surface area (Å²) >= 11 is 6.06. The summed E-state index contributed by atoms with van der Waals surface area (Å²) in [4.78, 5) is 13.0. The van der Waals surface area contributed by atoms with Crippen LogP contribution in [-0.2, 0) is 20.2 Å². The van der Waals surface area contributed by atoms with Crippen molar-refractivity contribution in [1.82, 2.24) is 4.31 Å². The van der Waals surface area contributed by atoms with Gasteiger partial charge in [-0.3, -0.25) is 4.79 Å². The topological polar surface area (TPSA) is 86.7 Å². The molecule has 1 heterocycles.